The number of carbonyl (C=O) groups excluding carboxylic acids is 1. The number of nitrogens with zero attached hydrogens (tertiary/aromatic N) is 4. The van der Waals surface area contributed by atoms with Gasteiger partial charge in [0.2, 0.25) is 0 Å². The Kier molecular flexibility index (Phi) is 3.45. The van der Waals surface area contributed by atoms with Crippen molar-refractivity contribution < 1.29 is 14.7 Å². The summed E-state index contributed by atoms with van der Waals surface area (Å²) in [5.74, 6) is -1.77. The minimum Gasteiger partial charge on any atom is -0.476 e. The molecule has 3 aromatic rings. The first kappa shape index (κ1) is 14.6. The number of anilines is 1. The van der Waals surface area contributed by atoms with Gasteiger partial charge in [-0.2, -0.15) is 5.10 Å². The van der Waals surface area contributed by atoms with Crippen molar-refractivity contribution in [3.05, 3.63) is 41.1 Å². The van der Waals surface area contributed by atoms with Crippen LogP contribution in [0.15, 0.2) is 18.5 Å². The third-order valence-electron chi connectivity index (χ3n) is 3.20. The van der Waals surface area contributed by atoms with Crippen LogP contribution in [0.2, 0.25) is 0 Å². The SMILES string of the molecule is Cc1cc(C)c2c(NC(=O)c3nccnc3C(=O)O)n[nH]c2n1. The van der Waals surface area contributed by atoms with Gasteiger partial charge in [-0.1, -0.05) is 0 Å². The molecule has 0 aliphatic heterocycles. The van der Waals surface area contributed by atoms with Crippen molar-refractivity contribution in [1.29, 1.82) is 0 Å². The highest BCUT2D eigenvalue weighted by molar-refractivity contribution is 6.10. The van der Waals surface area contributed by atoms with Gasteiger partial charge in [-0.25, -0.2) is 19.7 Å². The molecule has 23 heavy (non-hydrogen) atoms. The first-order valence-corrected chi connectivity index (χ1v) is 6.65. The second-order valence-corrected chi connectivity index (χ2v) is 4.89. The van der Waals surface area contributed by atoms with E-state index in [-0.39, 0.29) is 11.5 Å². The van der Waals surface area contributed by atoms with Crippen LogP contribution < -0.4 is 5.32 Å². The van der Waals surface area contributed by atoms with Crippen molar-refractivity contribution in [2.24, 2.45) is 0 Å². The smallest absolute Gasteiger partial charge is 0.356 e. The third-order valence-corrected chi connectivity index (χ3v) is 3.20. The van der Waals surface area contributed by atoms with Crippen LogP contribution in [0.3, 0.4) is 0 Å². The maximum atomic E-state index is 12.3. The summed E-state index contributed by atoms with van der Waals surface area (Å²) in [6.45, 7) is 3.72. The van der Waals surface area contributed by atoms with Crippen molar-refractivity contribution in [2.75, 3.05) is 5.32 Å². The monoisotopic (exact) mass is 312 g/mol. The van der Waals surface area contributed by atoms with E-state index < -0.39 is 17.6 Å². The number of pyridine rings is 1. The number of aromatic amines is 1. The molecule has 0 radical (unpaired) electrons. The number of amides is 1. The third kappa shape index (κ3) is 2.59. The maximum absolute atomic E-state index is 12.3. The number of carboxylic acid groups (broad SMARTS) is 1. The molecular weight excluding hydrogens is 300 g/mol. The van der Waals surface area contributed by atoms with Crippen molar-refractivity contribution in [2.45, 2.75) is 13.8 Å². The van der Waals surface area contributed by atoms with E-state index in [1.54, 1.807) is 0 Å². The van der Waals surface area contributed by atoms with E-state index in [0.29, 0.717) is 11.0 Å². The first-order valence-electron chi connectivity index (χ1n) is 6.65. The number of hydrogen-bond acceptors (Lipinski definition) is 6. The number of carboxylic acids is 1. The number of H-pyrrole nitrogens is 1. The molecule has 3 heterocycles. The molecule has 116 valence electrons. The van der Waals surface area contributed by atoms with Crippen LogP contribution in [0.1, 0.15) is 32.2 Å². The fourth-order valence-electron chi connectivity index (χ4n) is 2.30. The Labute approximate surface area is 129 Å². The summed E-state index contributed by atoms with van der Waals surface area (Å²) in [5.41, 5.74) is 1.53. The minimum atomic E-state index is -1.33. The summed E-state index contributed by atoms with van der Waals surface area (Å²) in [6.07, 6.45) is 2.46. The van der Waals surface area contributed by atoms with Crippen molar-refractivity contribution in [1.82, 2.24) is 25.1 Å². The zero-order valence-corrected chi connectivity index (χ0v) is 12.3. The van der Waals surface area contributed by atoms with Crippen molar-refractivity contribution in [3.8, 4) is 0 Å². The van der Waals surface area contributed by atoms with E-state index in [0.717, 1.165) is 11.3 Å². The fourth-order valence-corrected chi connectivity index (χ4v) is 2.30. The molecule has 0 atom stereocenters. The molecule has 0 aliphatic rings. The Morgan fingerprint density at radius 1 is 1.17 bits per heavy atom. The summed E-state index contributed by atoms with van der Waals surface area (Å²) in [5, 5.41) is 19.0. The maximum Gasteiger partial charge on any atom is 0.356 e. The number of aromatic nitrogens is 5. The van der Waals surface area contributed by atoms with Gasteiger partial charge >= 0.3 is 5.97 Å². The number of carbonyl (C=O) groups is 2. The van der Waals surface area contributed by atoms with E-state index in [2.05, 4.69) is 30.5 Å². The Bertz CT molecular complexity index is 933. The average molecular weight is 312 g/mol. The Morgan fingerprint density at radius 2 is 1.87 bits per heavy atom. The van der Waals surface area contributed by atoms with Crippen LogP contribution in [0.25, 0.3) is 11.0 Å². The summed E-state index contributed by atoms with van der Waals surface area (Å²) in [6, 6.07) is 1.86. The average Bonchev–Trinajstić information content (AvgIpc) is 2.90. The normalized spacial score (nSPS) is 10.7. The number of nitrogens with one attached hydrogen (secondary N) is 2. The molecule has 0 bridgehead atoms. The minimum absolute atomic E-state index is 0.261. The largest absolute Gasteiger partial charge is 0.476 e. The topological polar surface area (TPSA) is 134 Å². The quantitative estimate of drug-likeness (QED) is 0.663. The van der Waals surface area contributed by atoms with Crippen molar-refractivity contribution in [3.63, 3.8) is 0 Å². The van der Waals surface area contributed by atoms with Gasteiger partial charge in [-0.05, 0) is 25.5 Å². The van der Waals surface area contributed by atoms with Crippen LogP contribution in [-0.2, 0) is 0 Å². The number of rotatable bonds is 3. The zero-order valence-electron chi connectivity index (χ0n) is 12.3. The van der Waals surface area contributed by atoms with Gasteiger partial charge in [0.15, 0.2) is 22.9 Å². The van der Waals surface area contributed by atoms with Gasteiger partial charge in [-0.3, -0.25) is 9.89 Å². The predicted molar refractivity (Wildman–Crippen MR) is 80.3 cm³/mol. The van der Waals surface area contributed by atoms with E-state index in [1.807, 2.05) is 19.9 Å². The molecule has 9 nitrogen and oxygen atoms in total. The number of aryl methyl sites for hydroxylation is 2. The van der Waals surface area contributed by atoms with Gasteiger partial charge in [0.25, 0.3) is 5.91 Å². The van der Waals surface area contributed by atoms with Crippen LogP contribution >= 0.6 is 0 Å². The van der Waals surface area contributed by atoms with E-state index >= 15 is 0 Å². The summed E-state index contributed by atoms with van der Waals surface area (Å²) in [4.78, 5) is 35.2. The van der Waals surface area contributed by atoms with Crippen LogP contribution in [0.4, 0.5) is 5.82 Å². The zero-order chi connectivity index (χ0) is 16.6. The molecule has 9 heteroatoms. The number of aromatic carboxylic acids is 1. The molecule has 3 aromatic heterocycles. The second-order valence-electron chi connectivity index (χ2n) is 4.89. The van der Waals surface area contributed by atoms with Crippen LogP contribution in [-0.4, -0.2) is 42.1 Å². The fraction of sp³-hybridized carbons (Fsp3) is 0.143. The summed E-state index contributed by atoms with van der Waals surface area (Å²) >= 11 is 0. The van der Waals surface area contributed by atoms with Crippen molar-refractivity contribution >= 4 is 28.7 Å². The van der Waals surface area contributed by atoms with Gasteiger partial charge in [-0.15, -0.1) is 0 Å². The molecule has 0 spiro atoms. The molecule has 0 saturated carbocycles. The summed E-state index contributed by atoms with van der Waals surface area (Å²) < 4.78 is 0. The number of hydrogen-bond donors (Lipinski definition) is 3. The Balaban J connectivity index is 2.00. The molecule has 0 saturated heterocycles. The first-order chi connectivity index (χ1) is 11.0. The van der Waals surface area contributed by atoms with Gasteiger partial charge in [0.1, 0.15) is 0 Å². The van der Waals surface area contributed by atoms with E-state index in [4.69, 9.17) is 5.11 Å². The van der Waals surface area contributed by atoms with Gasteiger partial charge in [0.05, 0.1) is 5.39 Å². The molecule has 0 fully saturated rings. The molecule has 0 aromatic carbocycles. The molecule has 3 rings (SSSR count). The standard InChI is InChI=1S/C14H12N6O3/c1-6-5-7(2)17-11-8(6)12(20-19-11)18-13(21)9-10(14(22)23)16-4-3-15-9/h3-5H,1-2H3,(H,22,23)(H2,17,18,19,20,21). The lowest BCUT2D eigenvalue weighted by Crippen LogP contribution is -2.19. The van der Waals surface area contributed by atoms with E-state index in [9.17, 15) is 9.59 Å². The molecule has 3 N–H and O–H groups in total. The molecular formula is C14H12N6O3. The van der Waals surface area contributed by atoms with Gasteiger partial charge < -0.3 is 10.4 Å². The Hall–Kier alpha value is -3.36. The molecule has 1 amide bonds. The molecule has 0 aliphatic carbocycles. The molecule has 0 unspecified atom stereocenters. The van der Waals surface area contributed by atoms with E-state index in [1.165, 1.54) is 12.4 Å². The second kappa shape index (κ2) is 5.44. The highest BCUT2D eigenvalue weighted by Gasteiger charge is 2.21. The number of fused-ring (bicyclic) bond motifs is 1. The summed E-state index contributed by atoms with van der Waals surface area (Å²) in [7, 11) is 0. The highest BCUT2D eigenvalue weighted by atomic mass is 16.4. The lowest BCUT2D eigenvalue weighted by Gasteiger charge is -2.05. The highest BCUT2D eigenvalue weighted by Crippen LogP contribution is 2.24. The van der Waals surface area contributed by atoms with Crippen LogP contribution in [0.5, 0.6) is 0 Å². The lowest BCUT2D eigenvalue weighted by atomic mass is 10.2. The predicted octanol–water partition coefficient (Wildman–Crippen LogP) is 1.32. The van der Waals surface area contributed by atoms with Crippen LogP contribution in [0, 0.1) is 13.8 Å². The van der Waals surface area contributed by atoms with Gasteiger partial charge in [0, 0.05) is 18.1 Å². The Morgan fingerprint density at radius 3 is 2.57 bits per heavy atom. The lowest BCUT2D eigenvalue weighted by molar-refractivity contribution is 0.0685.